The number of carbonyl (C=O) groups excluding carboxylic acids is 2. The van der Waals surface area contributed by atoms with Crippen LogP contribution in [-0.2, 0) is 16.1 Å². The van der Waals surface area contributed by atoms with Crippen LogP contribution in [-0.4, -0.2) is 23.4 Å². The van der Waals surface area contributed by atoms with Crippen molar-refractivity contribution < 1.29 is 14.3 Å². The summed E-state index contributed by atoms with van der Waals surface area (Å²) >= 11 is 0. The second-order valence-corrected chi connectivity index (χ2v) is 7.00. The summed E-state index contributed by atoms with van der Waals surface area (Å²) < 4.78 is 6.77. The van der Waals surface area contributed by atoms with Gasteiger partial charge in [-0.3, -0.25) is 4.79 Å². The van der Waals surface area contributed by atoms with Crippen molar-refractivity contribution in [3.8, 4) is 11.1 Å². The summed E-state index contributed by atoms with van der Waals surface area (Å²) in [7, 11) is 1.22. The van der Waals surface area contributed by atoms with Gasteiger partial charge in [0.05, 0.1) is 7.11 Å². The summed E-state index contributed by atoms with van der Waals surface area (Å²) in [6, 6.07) is 26.1. The topological polar surface area (TPSA) is 48.3 Å². The zero-order chi connectivity index (χ0) is 20.4. The van der Waals surface area contributed by atoms with Gasteiger partial charge in [-0.1, -0.05) is 60.7 Å². The van der Waals surface area contributed by atoms with E-state index in [2.05, 4.69) is 45.7 Å². The van der Waals surface area contributed by atoms with Crippen LogP contribution in [0.2, 0.25) is 0 Å². The predicted octanol–water partition coefficient (Wildman–Crippen LogP) is 5.02. The highest BCUT2D eigenvalue weighted by molar-refractivity contribution is 6.42. The SMILES string of the molecule is COC(=O)C(=O)c1cccc2c1cc(C)n2Cc1cccc(-c2ccccc2)c1. The van der Waals surface area contributed by atoms with Gasteiger partial charge < -0.3 is 9.30 Å². The Kier molecular flexibility index (Phi) is 5.00. The van der Waals surface area contributed by atoms with Crippen LogP contribution in [0.1, 0.15) is 21.6 Å². The molecular formula is C25H21NO3. The molecule has 0 fully saturated rings. The van der Waals surface area contributed by atoms with Gasteiger partial charge in [0.25, 0.3) is 5.78 Å². The molecule has 0 atom stereocenters. The molecule has 0 radical (unpaired) electrons. The Morgan fingerprint density at radius 3 is 2.34 bits per heavy atom. The summed E-state index contributed by atoms with van der Waals surface area (Å²) in [5, 5.41) is 0.764. The predicted molar refractivity (Wildman–Crippen MR) is 114 cm³/mol. The summed E-state index contributed by atoms with van der Waals surface area (Å²) in [6.45, 7) is 2.68. The molecule has 4 nitrogen and oxygen atoms in total. The monoisotopic (exact) mass is 383 g/mol. The van der Waals surface area contributed by atoms with Crippen LogP contribution in [0.25, 0.3) is 22.0 Å². The Hall–Kier alpha value is -3.66. The number of ether oxygens (including phenoxy) is 1. The van der Waals surface area contributed by atoms with E-state index in [9.17, 15) is 9.59 Å². The molecule has 4 heteroatoms. The van der Waals surface area contributed by atoms with E-state index in [4.69, 9.17) is 0 Å². The molecule has 1 heterocycles. The van der Waals surface area contributed by atoms with E-state index < -0.39 is 11.8 Å². The molecule has 0 amide bonds. The van der Waals surface area contributed by atoms with Gasteiger partial charge >= 0.3 is 5.97 Å². The van der Waals surface area contributed by atoms with Gasteiger partial charge in [-0.2, -0.15) is 0 Å². The van der Waals surface area contributed by atoms with Crippen LogP contribution in [0.4, 0.5) is 0 Å². The highest BCUT2D eigenvalue weighted by Gasteiger charge is 2.21. The van der Waals surface area contributed by atoms with Crippen LogP contribution in [0, 0.1) is 6.92 Å². The Labute approximate surface area is 169 Å². The van der Waals surface area contributed by atoms with E-state index in [0.29, 0.717) is 12.1 Å². The molecule has 0 aliphatic carbocycles. The minimum absolute atomic E-state index is 0.370. The number of aryl methyl sites for hydroxylation is 1. The summed E-state index contributed by atoms with van der Waals surface area (Å²) in [5.74, 6) is -1.47. The first-order valence-electron chi connectivity index (χ1n) is 9.44. The highest BCUT2D eigenvalue weighted by Crippen LogP contribution is 2.26. The molecule has 0 saturated carbocycles. The number of Topliss-reactive ketones (excluding diaryl/α,β-unsaturated/α-hetero) is 1. The van der Waals surface area contributed by atoms with Crippen molar-refractivity contribution in [2.45, 2.75) is 13.5 Å². The van der Waals surface area contributed by atoms with Gasteiger partial charge in [0.1, 0.15) is 0 Å². The van der Waals surface area contributed by atoms with Gasteiger partial charge in [-0.25, -0.2) is 4.79 Å². The summed E-state index contributed by atoms with van der Waals surface area (Å²) in [4.78, 5) is 24.1. The molecule has 144 valence electrons. The second kappa shape index (κ2) is 7.76. The van der Waals surface area contributed by atoms with E-state index in [-0.39, 0.29) is 0 Å². The number of nitrogens with zero attached hydrogens (tertiary/aromatic N) is 1. The summed E-state index contributed by atoms with van der Waals surface area (Å²) in [5.41, 5.74) is 5.82. The van der Waals surface area contributed by atoms with Crippen LogP contribution >= 0.6 is 0 Å². The average Bonchev–Trinajstić information content (AvgIpc) is 3.08. The Bertz CT molecular complexity index is 1210. The van der Waals surface area contributed by atoms with Crippen molar-refractivity contribution in [2.24, 2.45) is 0 Å². The van der Waals surface area contributed by atoms with Crippen LogP contribution in [0.3, 0.4) is 0 Å². The van der Waals surface area contributed by atoms with Gasteiger partial charge in [-0.05, 0) is 41.8 Å². The molecule has 0 bridgehead atoms. The molecule has 0 aliphatic heterocycles. The average molecular weight is 383 g/mol. The van der Waals surface area contributed by atoms with Gasteiger partial charge in [-0.15, -0.1) is 0 Å². The van der Waals surface area contributed by atoms with E-state index in [1.54, 1.807) is 12.1 Å². The fourth-order valence-electron chi connectivity index (χ4n) is 3.69. The van der Waals surface area contributed by atoms with Crippen molar-refractivity contribution in [1.29, 1.82) is 0 Å². The Balaban J connectivity index is 1.74. The fraction of sp³-hybridized carbons (Fsp3) is 0.120. The minimum atomic E-state index is -0.849. The number of fused-ring (bicyclic) bond motifs is 1. The molecule has 29 heavy (non-hydrogen) atoms. The molecule has 1 aromatic heterocycles. The van der Waals surface area contributed by atoms with Crippen molar-refractivity contribution in [1.82, 2.24) is 4.57 Å². The second-order valence-electron chi connectivity index (χ2n) is 7.00. The standard InChI is InChI=1S/C25H21NO3/c1-17-14-22-21(24(27)25(28)29-2)12-7-13-23(22)26(17)16-18-8-6-11-20(15-18)19-9-4-3-5-10-19/h3-15H,16H2,1-2H3. The number of benzene rings is 3. The maximum atomic E-state index is 12.4. The number of carbonyl (C=O) groups is 2. The first-order valence-corrected chi connectivity index (χ1v) is 9.44. The molecule has 0 unspecified atom stereocenters. The van der Waals surface area contributed by atoms with Crippen LogP contribution in [0.15, 0.2) is 78.9 Å². The number of aromatic nitrogens is 1. The molecule has 0 aliphatic rings. The van der Waals surface area contributed by atoms with E-state index in [0.717, 1.165) is 22.2 Å². The lowest BCUT2D eigenvalue weighted by atomic mass is 10.0. The fourth-order valence-corrected chi connectivity index (χ4v) is 3.69. The van der Waals surface area contributed by atoms with E-state index in [1.165, 1.54) is 18.2 Å². The molecule has 0 saturated heterocycles. The third kappa shape index (κ3) is 3.57. The number of methoxy groups -OCH3 is 1. The van der Waals surface area contributed by atoms with Crippen LogP contribution < -0.4 is 0 Å². The molecular weight excluding hydrogens is 362 g/mol. The van der Waals surface area contributed by atoms with Crippen molar-refractivity contribution in [2.75, 3.05) is 7.11 Å². The number of esters is 1. The summed E-state index contributed by atoms with van der Waals surface area (Å²) in [6.07, 6.45) is 0. The van der Waals surface area contributed by atoms with Gasteiger partial charge in [0.15, 0.2) is 0 Å². The first kappa shape index (κ1) is 18.7. The minimum Gasteiger partial charge on any atom is -0.463 e. The van der Waals surface area contributed by atoms with Gasteiger partial charge in [0, 0.05) is 28.7 Å². The van der Waals surface area contributed by atoms with Crippen molar-refractivity contribution in [3.05, 3.63) is 95.7 Å². The zero-order valence-electron chi connectivity index (χ0n) is 16.4. The molecule has 0 spiro atoms. The van der Waals surface area contributed by atoms with Crippen molar-refractivity contribution >= 4 is 22.7 Å². The Morgan fingerprint density at radius 1 is 0.862 bits per heavy atom. The smallest absolute Gasteiger partial charge is 0.379 e. The highest BCUT2D eigenvalue weighted by atomic mass is 16.5. The third-order valence-corrected chi connectivity index (χ3v) is 5.14. The molecule has 4 rings (SSSR count). The van der Waals surface area contributed by atoms with Gasteiger partial charge in [0.2, 0.25) is 0 Å². The van der Waals surface area contributed by atoms with E-state index >= 15 is 0 Å². The zero-order valence-corrected chi connectivity index (χ0v) is 16.4. The molecule has 4 aromatic rings. The lowest BCUT2D eigenvalue weighted by Crippen LogP contribution is -2.15. The van der Waals surface area contributed by atoms with Crippen LogP contribution in [0.5, 0.6) is 0 Å². The lowest BCUT2D eigenvalue weighted by Gasteiger charge is -2.11. The molecule has 0 N–H and O–H groups in total. The number of hydrogen-bond acceptors (Lipinski definition) is 3. The Morgan fingerprint density at radius 2 is 1.59 bits per heavy atom. The largest absolute Gasteiger partial charge is 0.463 e. The first-order chi connectivity index (χ1) is 14.1. The molecule has 3 aromatic carbocycles. The number of ketones is 1. The normalized spacial score (nSPS) is 10.8. The lowest BCUT2D eigenvalue weighted by molar-refractivity contribution is -0.135. The number of hydrogen-bond donors (Lipinski definition) is 0. The quantitative estimate of drug-likeness (QED) is 0.276. The number of rotatable bonds is 5. The third-order valence-electron chi connectivity index (χ3n) is 5.14. The maximum absolute atomic E-state index is 12.4. The maximum Gasteiger partial charge on any atom is 0.379 e. The van der Waals surface area contributed by atoms with Crippen molar-refractivity contribution in [3.63, 3.8) is 0 Å². The van der Waals surface area contributed by atoms with E-state index in [1.807, 2.05) is 37.3 Å².